The van der Waals surface area contributed by atoms with E-state index in [-0.39, 0.29) is 0 Å². The molecule has 0 N–H and O–H groups in total. The van der Waals surface area contributed by atoms with Crippen molar-refractivity contribution in [2.24, 2.45) is 0 Å². The molecule has 0 nitrogen and oxygen atoms in total. The van der Waals surface area contributed by atoms with Crippen molar-refractivity contribution in [2.45, 2.75) is 13.2 Å². The molecule has 0 amide bonds. The van der Waals surface area contributed by atoms with Crippen LogP contribution < -0.4 is 0 Å². The summed E-state index contributed by atoms with van der Waals surface area (Å²) in [5.41, 5.74) is 0. The molecule has 0 heterocycles. The summed E-state index contributed by atoms with van der Waals surface area (Å²) in [6, 6.07) is 0. The van der Waals surface area contributed by atoms with Crippen LogP contribution in [0.15, 0.2) is 0 Å². The van der Waals surface area contributed by atoms with Crippen LogP contribution in [0.4, 0.5) is 0 Å². The second-order valence-corrected chi connectivity index (χ2v) is 0.927. The van der Waals surface area contributed by atoms with Crippen LogP contribution in [-0.2, 0) is 0 Å². The lowest BCUT2D eigenvalue weighted by molar-refractivity contribution is 1.87. The molecule has 0 unspecified atom stereocenters. The maximum atomic E-state index is 6.69. The molecule has 0 aromatic rings. The van der Waals surface area contributed by atoms with Gasteiger partial charge in [-0.3, -0.25) is 0 Å². The fourth-order valence-electron chi connectivity index (χ4n) is 0.169. The maximum absolute atomic E-state index is 6.69. The molecule has 0 fully saturated rings. The smallest absolute Gasteiger partial charge is 0.0980 e. The van der Waals surface area contributed by atoms with Crippen molar-refractivity contribution in [3.63, 3.8) is 0 Å². The van der Waals surface area contributed by atoms with Gasteiger partial charge < -0.3 is 0 Å². The second kappa shape index (κ2) is 5.18. The van der Waals surface area contributed by atoms with Crippen LogP contribution in [0, 0.1) is 23.7 Å². The molecule has 0 spiro atoms. The highest BCUT2D eigenvalue weighted by atomic mass is 13.5. The molecule has 1 heteroatoms. The van der Waals surface area contributed by atoms with Gasteiger partial charge in [-0.2, -0.15) is 0 Å². The van der Waals surface area contributed by atoms with E-state index in [1.165, 1.54) is 0 Å². The molecule has 0 aliphatic heterocycles. The molecule has 0 rings (SSSR count). The quantitative estimate of drug-likeness (QED) is 0.317. The van der Waals surface area contributed by atoms with Crippen molar-refractivity contribution in [1.82, 2.24) is 0 Å². The van der Waals surface area contributed by atoms with E-state index in [1.54, 1.807) is 6.92 Å². The average Bonchev–Trinajstić information content (AvgIpc) is 1.81. The molecule has 0 radical (unpaired) electrons. The molecule has 0 atom stereocenters. The van der Waals surface area contributed by atoms with Crippen molar-refractivity contribution in [2.75, 3.05) is 0 Å². The van der Waals surface area contributed by atoms with Gasteiger partial charge in [0.2, 0.25) is 0 Å². The van der Waals surface area contributed by atoms with E-state index in [0.29, 0.717) is 14.1 Å². The Morgan fingerprint density at radius 2 is 2.57 bits per heavy atom. The Labute approximate surface area is 47.1 Å². The Kier molecular flexibility index (Phi) is 3.22. The predicted molar refractivity (Wildman–Crippen MR) is 34.6 cm³/mol. The first-order valence-electron chi connectivity index (χ1n) is 2.81. The Morgan fingerprint density at radius 3 is 3.14 bits per heavy atom. The Balaban J connectivity index is 3.31. The Bertz CT molecular complexity index is 153. The van der Waals surface area contributed by atoms with Crippen molar-refractivity contribution < 1.29 is 0 Å². The third-order valence-electron chi connectivity index (χ3n) is 0.401. The van der Waals surface area contributed by atoms with E-state index in [2.05, 4.69) is 23.7 Å². The molecule has 0 aliphatic carbocycles. The minimum Gasteiger partial charge on any atom is -0.0980 e. The number of hydrogen-bond acceptors (Lipinski definition) is 0. The summed E-state index contributed by atoms with van der Waals surface area (Å²) in [5, 5.41) is 0. The number of hydrogen-bond donors (Lipinski definition) is 0. The zero-order chi connectivity index (χ0) is 6.24. The van der Waals surface area contributed by atoms with Gasteiger partial charge in [0, 0.05) is 0 Å². The van der Waals surface area contributed by atoms with E-state index in [9.17, 15) is 0 Å². The van der Waals surface area contributed by atoms with Crippen LogP contribution in [0.1, 0.15) is 6.92 Å². The summed E-state index contributed by atoms with van der Waals surface area (Å²) in [6.45, 7) is 1.75. The fourth-order valence-corrected chi connectivity index (χ4v) is 0.169. The van der Waals surface area contributed by atoms with Crippen molar-refractivity contribution >= 4 is 7.81 Å². The summed E-state index contributed by atoms with van der Waals surface area (Å²) in [4.78, 5) is 0. The second-order valence-electron chi connectivity index (χ2n) is 0.927. The Morgan fingerprint density at radius 1 is 1.71 bits per heavy atom. The Hall–Kier alpha value is -0.815. The summed E-state index contributed by atoms with van der Waals surface area (Å²) >= 11 is 0. The van der Waals surface area contributed by atoms with Crippen molar-refractivity contribution in [3.8, 4) is 23.7 Å². The zero-order valence-electron chi connectivity index (χ0n) is 5.41. The third kappa shape index (κ3) is 5.18. The van der Waals surface area contributed by atoms with Gasteiger partial charge in [-0.25, -0.2) is 0 Å². The molecule has 0 saturated carbocycles. The van der Waals surface area contributed by atoms with E-state index < -0.39 is 0 Å². The number of rotatable bonds is 1. The minimum absolute atomic E-state index is 0.373. The standard InChI is InChI=1S/C6H7B/c1-2-3-4-5-6-7/h6-7H2,1H3/i7T. The minimum atomic E-state index is 0.373. The molecule has 0 bridgehead atoms. The lowest BCUT2D eigenvalue weighted by Gasteiger charge is -1.58. The highest BCUT2D eigenvalue weighted by Gasteiger charge is 1.54. The van der Waals surface area contributed by atoms with Crippen molar-refractivity contribution in [3.05, 3.63) is 0 Å². The third-order valence-corrected chi connectivity index (χ3v) is 0.401. The fraction of sp³-hybridized carbons (Fsp3) is 0.333. The molecular formula is C6H7B. The molecule has 7 heavy (non-hydrogen) atoms. The van der Waals surface area contributed by atoms with Gasteiger partial charge >= 0.3 is 0 Å². The molecule has 34 valence electrons. The van der Waals surface area contributed by atoms with Gasteiger partial charge in [0.25, 0.3) is 0 Å². The van der Waals surface area contributed by atoms with E-state index in [4.69, 9.17) is 1.34 Å². The zero-order valence-corrected chi connectivity index (χ0v) is 4.41. The average molecular weight is 91.9 g/mol. The largest absolute Gasteiger partial charge is 0.116 e. The first-order valence-corrected chi connectivity index (χ1v) is 2.10. The summed E-state index contributed by atoms with van der Waals surface area (Å²) in [7, 11) is 0.373. The summed E-state index contributed by atoms with van der Waals surface area (Å²) in [6.07, 6.45) is 0.634. The maximum Gasteiger partial charge on any atom is 0.116 e. The molecule has 0 aromatic carbocycles. The molecular weight excluding hydrogens is 82.9 g/mol. The predicted octanol–water partition coefficient (Wildman–Crippen LogP) is 0.0645. The van der Waals surface area contributed by atoms with Gasteiger partial charge in [0.15, 0.2) is 0 Å². The van der Waals surface area contributed by atoms with E-state index in [0.717, 1.165) is 0 Å². The topological polar surface area (TPSA) is 0 Å². The van der Waals surface area contributed by atoms with Crippen LogP contribution in [-0.4, -0.2) is 9.15 Å². The highest BCUT2D eigenvalue weighted by molar-refractivity contribution is 6.10. The normalized spacial score (nSPS) is 6.14. The van der Waals surface area contributed by atoms with Crippen LogP contribution in [0.25, 0.3) is 0 Å². The van der Waals surface area contributed by atoms with Gasteiger partial charge in [-0.15, -0.1) is 0 Å². The lowest BCUT2D eigenvalue weighted by atomic mass is 10.1. The first kappa shape index (κ1) is 4.35. The van der Waals surface area contributed by atoms with Gasteiger partial charge in [-0.05, 0) is 26.4 Å². The first-order chi connectivity index (χ1) is 3.91. The van der Waals surface area contributed by atoms with Crippen LogP contribution in [0.5, 0.6) is 0 Å². The van der Waals surface area contributed by atoms with Gasteiger partial charge in [0.05, 0.1) is 0 Å². The molecule has 0 aliphatic rings. The molecule has 0 aromatic heterocycles. The monoisotopic (exact) mass is 92.1 g/mol. The van der Waals surface area contributed by atoms with E-state index >= 15 is 0 Å². The molecule has 0 saturated heterocycles. The van der Waals surface area contributed by atoms with E-state index in [1.807, 2.05) is 0 Å². The van der Waals surface area contributed by atoms with Crippen LogP contribution in [0.3, 0.4) is 0 Å². The lowest BCUT2D eigenvalue weighted by Crippen LogP contribution is -1.55. The van der Waals surface area contributed by atoms with Gasteiger partial charge in [-0.1, -0.05) is 11.8 Å². The summed E-state index contributed by atoms with van der Waals surface area (Å²) < 4.78 is 6.69. The highest BCUT2D eigenvalue weighted by Crippen LogP contribution is 1.59. The van der Waals surface area contributed by atoms with Crippen LogP contribution >= 0.6 is 0 Å². The van der Waals surface area contributed by atoms with Gasteiger partial charge in [0.1, 0.15) is 7.81 Å². The van der Waals surface area contributed by atoms with Crippen LogP contribution in [0.2, 0.25) is 6.32 Å². The van der Waals surface area contributed by atoms with Crippen molar-refractivity contribution in [1.29, 1.82) is 1.34 Å². The summed E-state index contributed by atoms with van der Waals surface area (Å²) in [5.74, 6) is 10.6. The SMILES string of the molecule is [3H]BCC#CC#CC.